The summed E-state index contributed by atoms with van der Waals surface area (Å²) < 4.78 is 11.2. The number of nitrogens with one attached hydrogen (secondary N) is 1. The van der Waals surface area contributed by atoms with Crippen molar-refractivity contribution in [2.24, 2.45) is 11.8 Å². The third-order valence-corrected chi connectivity index (χ3v) is 4.12. The molecule has 4 unspecified atom stereocenters. The van der Waals surface area contributed by atoms with Gasteiger partial charge in [0.2, 0.25) is 5.91 Å². The van der Waals surface area contributed by atoms with Gasteiger partial charge in [0.25, 0.3) is 0 Å². The van der Waals surface area contributed by atoms with Crippen molar-refractivity contribution in [2.45, 2.75) is 33.0 Å². The van der Waals surface area contributed by atoms with Crippen LogP contribution in [0.1, 0.15) is 20.8 Å². The molecule has 0 aromatic heterocycles. The zero-order chi connectivity index (χ0) is 15.4. The summed E-state index contributed by atoms with van der Waals surface area (Å²) >= 11 is 0. The number of anilines is 1. The highest BCUT2D eigenvalue weighted by Gasteiger charge is 2.41. The molecular formula is C16H24N2O3. The van der Waals surface area contributed by atoms with E-state index in [1.807, 2.05) is 32.0 Å². The van der Waals surface area contributed by atoms with Gasteiger partial charge >= 0.3 is 0 Å². The Morgan fingerprint density at radius 3 is 2.62 bits per heavy atom. The highest BCUT2D eigenvalue weighted by Crippen LogP contribution is 2.32. The molecule has 0 spiro atoms. The Balaban J connectivity index is 1.76. The fourth-order valence-corrected chi connectivity index (χ4v) is 2.78. The minimum atomic E-state index is -0.0956. The summed E-state index contributed by atoms with van der Waals surface area (Å²) in [5.74, 6) is 0.808. The summed E-state index contributed by atoms with van der Waals surface area (Å²) in [5.41, 5.74) is 6.39. The Morgan fingerprint density at radius 1 is 1.29 bits per heavy atom. The van der Waals surface area contributed by atoms with Gasteiger partial charge in [-0.1, -0.05) is 19.1 Å². The van der Waals surface area contributed by atoms with E-state index in [9.17, 15) is 4.79 Å². The van der Waals surface area contributed by atoms with Gasteiger partial charge < -0.3 is 20.5 Å². The summed E-state index contributed by atoms with van der Waals surface area (Å²) in [6.07, 6.45) is 0.0804. The lowest BCUT2D eigenvalue weighted by Gasteiger charge is -2.18. The number of hydrogen-bond acceptors (Lipinski definition) is 4. The summed E-state index contributed by atoms with van der Waals surface area (Å²) in [6, 6.07) is 7.32. The van der Waals surface area contributed by atoms with E-state index in [4.69, 9.17) is 15.2 Å². The largest absolute Gasteiger partial charge is 0.490 e. The zero-order valence-corrected chi connectivity index (χ0v) is 12.8. The van der Waals surface area contributed by atoms with Crippen molar-refractivity contribution in [3.63, 3.8) is 0 Å². The highest BCUT2D eigenvalue weighted by molar-refractivity contribution is 5.79. The maximum atomic E-state index is 12.2. The van der Waals surface area contributed by atoms with Gasteiger partial charge in [0.1, 0.15) is 12.4 Å². The summed E-state index contributed by atoms with van der Waals surface area (Å²) in [6.45, 7) is 6.87. The summed E-state index contributed by atoms with van der Waals surface area (Å²) in [7, 11) is 0. The molecule has 1 heterocycles. The average Bonchev–Trinajstić information content (AvgIpc) is 2.70. The van der Waals surface area contributed by atoms with Gasteiger partial charge in [0.15, 0.2) is 0 Å². The first-order chi connectivity index (χ1) is 10.0. The zero-order valence-electron chi connectivity index (χ0n) is 12.8. The first-order valence-electron chi connectivity index (χ1n) is 7.41. The number of ether oxygens (including phenoxy) is 2. The van der Waals surface area contributed by atoms with Gasteiger partial charge in [-0.25, -0.2) is 0 Å². The van der Waals surface area contributed by atoms with Crippen molar-refractivity contribution in [3.8, 4) is 5.75 Å². The van der Waals surface area contributed by atoms with Crippen molar-refractivity contribution in [1.29, 1.82) is 0 Å². The maximum absolute atomic E-state index is 12.2. The highest BCUT2D eigenvalue weighted by atomic mass is 16.5. The van der Waals surface area contributed by atoms with Crippen LogP contribution in [0.3, 0.4) is 0 Å². The molecule has 1 aromatic carbocycles. The van der Waals surface area contributed by atoms with Crippen LogP contribution in [0.25, 0.3) is 0 Å². The van der Waals surface area contributed by atoms with Gasteiger partial charge in [0.05, 0.1) is 30.4 Å². The van der Waals surface area contributed by atoms with Crippen LogP contribution < -0.4 is 15.8 Å². The maximum Gasteiger partial charge on any atom is 0.226 e. The van der Waals surface area contributed by atoms with E-state index < -0.39 is 0 Å². The Labute approximate surface area is 125 Å². The molecule has 0 bridgehead atoms. The van der Waals surface area contributed by atoms with Crippen molar-refractivity contribution < 1.29 is 14.3 Å². The van der Waals surface area contributed by atoms with Crippen LogP contribution in [0.4, 0.5) is 5.69 Å². The molecule has 1 amide bonds. The normalized spacial score (nSPS) is 28.3. The van der Waals surface area contributed by atoms with Crippen LogP contribution in [-0.2, 0) is 9.53 Å². The molecule has 3 N–H and O–H groups in total. The van der Waals surface area contributed by atoms with Crippen molar-refractivity contribution in [3.05, 3.63) is 24.3 Å². The predicted octanol–water partition coefficient (Wildman–Crippen LogP) is 1.82. The topological polar surface area (TPSA) is 73.6 Å². The van der Waals surface area contributed by atoms with Crippen LogP contribution in [0.15, 0.2) is 24.3 Å². The third kappa shape index (κ3) is 3.67. The van der Waals surface area contributed by atoms with E-state index >= 15 is 0 Å². The third-order valence-electron chi connectivity index (χ3n) is 4.12. The summed E-state index contributed by atoms with van der Waals surface area (Å²) in [5, 5.41) is 2.91. The number of nitrogen functional groups attached to an aromatic ring is 1. The van der Waals surface area contributed by atoms with Gasteiger partial charge in [-0.3, -0.25) is 4.79 Å². The van der Waals surface area contributed by atoms with Crippen molar-refractivity contribution in [2.75, 3.05) is 18.9 Å². The number of rotatable bonds is 5. The fraction of sp³-hybridized carbons (Fsp3) is 0.562. The van der Waals surface area contributed by atoms with Gasteiger partial charge in [0, 0.05) is 0 Å². The Morgan fingerprint density at radius 2 is 2.00 bits per heavy atom. The summed E-state index contributed by atoms with van der Waals surface area (Å²) in [4.78, 5) is 12.2. The second-order valence-electron chi connectivity index (χ2n) is 5.61. The van der Waals surface area contributed by atoms with E-state index in [0.717, 1.165) is 0 Å². The minimum absolute atomic E-state index is 0.0315. The fourth-order valence-electron chi connectivity index (χ4n) is 2.78. The van der Waals surface area contributed by atoms with Gasteiger partial charge in [-0.15, -0.1) is 0 Å². The molecule has 0 saturated carbocycles. The number of amides is 1. The number of benzene rings is 1. The lowest BCUT2D eigenvalue weighted by molar-refractivity contribution is -0.127. The molecule has 1 fully saturated rings. The molecule has 1 aromatic rings. The first kappa shape index (κ1) is 15.6. The molecular weight excluding hydrogens is 268 g/mol. The molecule has 0 aliphatic carbocycles. The van der Waals surface area contributed by atoms with Crippen LogP contribution in [0.5, 0.6) is 5.75 Å². The smallest absolute Gasteiger partial charge is 0.226 e. The first-order valence-corrected chi connectivity index (χ1v) is 7.41. The minimum Gasteiger partial charge on any atom is -0.490 e. The van der Waals surface area contributed by atoms with E-state index in [1.165, 1.54) is 0 Å². The average molecular weight is 292 g/mol. The number of hydrogen-bond donors (Lipinski definition) is 2. The lowest BCUT2D eigenvalue weighted by atomic mass is 9.89. The molecule has 5 heteroatoms. The molecule has 1 saturated heterocycles. The van der Waals surface area contributed by atoms with Crippen LogP contribution in [0, 0.1) is 11.8 Å². The van der Waals surface area contributed by atoms with E-state index in [1.54, 1.807) is 6.07 Å². The monoisotopic (exact) mass is 292 g/mol. The van der Waals surface area contributed by atoms with Crippen molar-refractivity contribution in [1.82, 2.24) is 5.32 Å². The molecule has 116 valence electrons. The quantitative estimate of drug-likeness (QED) is 0.641. The van der Waals surface area contributed by atoms with E-state index in [-0.39, 0.29) is 30.0 Å². The second-order valence-corrected chi connectivity index (χ2v) is 5.61. The Kier molecular flexibility index (Phi) is 5.07. The number of para-hydroxylation sites is 2. The van der Waals surface area contributed by atoms with Gasteiger partial charge in [-0.05, 0) is 31.9 Å². The van der Waals surface area contributed by atoms with E-state index in [0.29, 0.717) is 24.6 Å². The molecule has 4 atom stereocenters. The van der Waals surface area contributed by atoms with Crippen LogP contribution in [-0.4, -0.2) is 31.3 Å². The Bertz CT molecular complexity index is 492. The standard InChI is InChI=1S/C16H24N2O3/c1-10-11(2)21-12(3)15(10)16(19)18-8-9-20-14-7-5-4-6-13(14)17/h4-7,10-12,15H,8-9,17H2,1-3H3,(H,18,19). The lowest BCUT2D eigenvalue weighted by Crippen LogP contribution is -2.39. The number of carbonyl (C=O) groups is 1. The van der Waals surface area contributed by atoms with Crippen LogP contribution in [0.2, 0.25) is 0 Å². The molecule has 0 radical (unpaired) electrons. The molecule has 5 nitrogen and oxygen atoms in total. The van der Waals surface area contributed by atoms with E-state index in [2.05, 4.69) is 12.2 Å². The molecule has 2 rings (SSSR count). The van der Waals surface area contributed by atoms with Crippen molar-refractivity contribution >= 4 is 11.6 Å². The SMILES string of the molecule is CC1OC(C)C(C(=O)NCCOc2ccccc2N)C1C. The predicted molar refractivity (Wildman–Crippen MR) is 82.0 cm³/mol. The Hall–Kier alpha value is -1.75. The second kappa shape index (κ2) is 6.80. The number of nitrogens with two attached hydrogens (primary N) is 1. The molecule has 21 heavy (non-hydrogen) atoms. The molecule has 1 aliphatic heterocycles. The molecule has 1 aliphatic rings. The van der Waals surface area contributed by atoms with Crippen LogP contribution >= 0.6 is 0 Å². The number of carbonyl (C=O) groups excluding carboxylic acids is 1. The van der Waals surface area contributed by atoms with Gasteiger partial charge in [-0.2, -0.15) is 0 Å².